The molecule has 4 aliphatic heterocycles. The Labute approximate surface area is 421 Å². The Morgan fingerprint density at radius 1 is 0.833 bits per heavy atom. The Balaban J connectivity index is 1.05. The molecule has 0 aromatic heterocycles. The number of aliphatic hydroxyl groups excluding tert-OH is 1. The van der Waals surface area contributed by atoms with Crippen LogP contribution in [0.4, 0.5) is 21.9 Å². The number of carbonyl (C=O) groups is 5. The number of ether oxygens (including phenoxy) is 5. The number of benzene rings is 3. The molecular weight excluding hydrogens is 923 g/mol. The van der Waals surface area contributed by atoms with Gasteiger partial charge in [-0.05, 0) is 87.6 Å². The van der Waals surface area contributed by atoms with Crippen molar-refractivity contribution in [1.29, 1.82) is 0 Å². The van der Waals surface area contributed by atoms with Crippen LogP contribution >= 0.6 is 0 Å². The largest absolute Gasteiger partial charge is 0.493 e. The smallest absolute Gasteiger partial charge is 0.416 e. The maximum atomic E-state index is 14.3. The van der Waals surface area contributed by atoms with Crippen LogP contribution in [0.15, 0.2) is 77.1 Å². The monoisotopic (exact) mass is 992 g/mol. The normalized spacial score (nSPS) is 19.9. The highest BCUT2D eigenvalue weighted by atomic mass is 16.6. The van der Waals surface area contributed by atoms with Gasteiger partial charge in [0.05, 0.1) is 68.1 Å². The number of nitrogens with two attached hydrogens (primary N) is 1. The molecule has 0 saturated carbocycles. The molecule has 0 aliphatic carbocycles. The fourth-order valence-electron chi connectivity index (χ4n) is 9.51. The number of anilines is 2. The molecule has 3 aromatic rings. The zero-order chi connectivity index (χ0) is 52.4. The summed E-state index contributed by atoms with van der Waals surface area (Å²) in [6.07, 6.45) is 5.36. The number of aliphatic imine (C=N–C) groups is 1. The number of nitrogens with zero attached hydrogens (tertiary/aromatic N) is 4. The molecule has 0 saturated heterocycles. The molecule has 5 amide bonds. The fourth-order valence-corrected chi connectivity index (χ4v) is 9.51. The summed E-state index contributed by atoms with van der Waals surface area (Å²) < 4.78 is 30.4. The quantitative estimate of drug-likeness (QED) is 0.0957. The molecule has 3 aromatic carbocycles. The van der Waals surface area contributed by atoms with E-state index in [4.69, 9.17) is 29.4 Å². The van der Waals surface area contributed by atoms with Crippen LogP contribution in [0.3, 0.4) is 0 Å². The summed E-state index contributed by atoms with van der Waals surface area (Å²) in [6, 6.07) is 10.6. The van der Waals surface area contributed by atoms with Crippen LogP contribution in [0.2, 0.25) is 0 Å². The molecule has 18 heteroatoms. The van der Waals surface area contributed by atoms with Crippen molar-refractivity contribution in [3.8, 4) is 23.0 Å². The van der Waals surface area contributed by atoms with E-state index in [9.17, 15) is 29.1 Å². The zero-order valence-corrected chi connectivity index (χ0v) is 43.2. The summed E-state index contributed by atoms with van der Waals surface area (Å²) >= 11 is 0. The Morgan fingerprint density at radius 2 is 1.44 bits per heavy atom. The number of methoxy groups -OCH3 is 2. The number of aliphatic hydroxyl groups is 1. The van der Waals surface area contributed by atoms with Gasteiger partial charge in [-0.25, -0.2) is 9.69 Å². The SMILES string of the molecule is CCC(C)(COc1cc2c(cc1OC)C(=O)N1C=C(C)C[C@H]1[C@H](O)N2C(=O)OCc1ccc(NC(=O)[C@H](C)NC(=O)[C@@H](N)C(C)C)cc1)CC(C)(C)COc1cc2c(cc1OC)C(=O)N1C=C(C)C[C@H]1C=N2. The van der Waals surface area contributed by atoms with Gasteiger partial charge in [-0.2, -0.15) is 0 Å². The number of fused-ring (bicyclic) bond motifs is 4. The van der Waals surface area contributed by atoms with Crippen molar-refractivity contribution in [3.63, 3.8) is 0 Å². The topological polar surface area (TPSA) is 224 Å². The van der Waals surface area contributed by atoms with Gasteiger partial charge in [0.25, 0.3) is 11.8 Å². The van der Waals surface area contributed by atoms with E-state index in [1.165, 1.54) is 24.1 Å². The predicted octanol–water partition coefficient (Wildman–Crippen LogP) is 7.85. The predicted molar refractivity (Wildman–Crippen MR) is 273 cm³/mol. The summed E-state index contributed by atoms with van der Waals surface area (Å²) in [5.41, 5.74) is 9.23. The van der Waals surface area contributed by atoms with Gasteiger partial charge < -0.3 is 55.0 Å². The molecule has 18 nitrogen and oxygen atoms in total. The molecule has 1 unspecified atom stereocenters. The zero-order valence-electron chi connectivity index (χ0n) is 43.2. The minimum atomic E-state index is -1.50. The van der Waals surface area contributed by atoms with Crippen molar-refractivity contribution in [2.24, 2.45) is 27.5 Å². The first-order chi connectivity index (χ1) is 34.0. The standard InChI is InChI=1S/C54H69N7O11/c1-12-54(9,27-53(7,8)28-71-44-21-39-37(19-42(44)68-10)49(64)59-24-31(4)17-36(59)23-56-39)29-72-45-22-40-38(20-43(45)69-11)50(65)60-25-32(5)18-41(60)51(66)61(40)52(67)70-26-34-13-15-35(16-14-34)58-47(62)33(6)57-48(63)46(55)30(2)3/h13-16,19-25,30,33,36,41,46,51,66H,12,17-18,26-29,55H2,1-11H3,(H,57,63)(H,58,62)/t33-,36-,41-,46-,51-,54?/m0/s1. The highest BCUT2D eigenvalue weighted by Crippen LogP contribution is 2.45. The van der Waals surface area contributed by atoms with E-state index < -0.39 is 59.0 Å². The number of amides is 5. The van der Waals surface area contributed by atoms with Crippen molar-refractivity contribution in [2.45, 2.75) is 125 Å². The van der Waals surface area contributed by atoms with Crippen LogP contribution in [0.25, 0.3) is 0 Å². The molecule has 0 bridgehead atoms. The van der Waals surface area contributed by atoms with E-state index in [1.807, 2.05) is 33.9 Å². The van der Waals surface area contributed by atoms with Crippen LogP contribution < -0.4 is 40.2 Å². The second-order valence-corrected chi connectivity index (χ2v) is 20.8. The van der Waals surface area contributed by atoms with E-state index in [0.717, 1.165) is 22.5 Å². The first-order valence-electron chi connectivity index (χ1n) is 24.4. The average Bonchev–Trinajstić information content (AvgIpc) is 3.89. The molecule has 386 valence electrons. The van der Waals surface area contributed by atoms with E-state index in [2.05, 4.69) is 43.3 Å². The Morgan fingerprint density at radius 3 is 2.10 bits per heavy atom. The molecule has 4 aliphatic rings. The molecular formula is C54H69N7O11. The van der Waals surface area contributed by atoms with Crippen LogP contribution in [0.1, 0.15) is 114 Å². The lowest BCUT2D eigenvalue weighted by molar-refractivity contribution is -0.127. The van der Waals surface area contributed by atoms with E-state index in [-0.39, 0.29) is 53.8 Å². The summed E-state index contributed by atoms with van der Waals surface area (Å²) in [4.78, 5) is 76.2. The van der Waals surface area contributed by atoms with Gasteiger partial charge in [0.1, 0.15) is 12.6 Å². The lowest BCUT2D eigenvalue weighted by atomic mass is 9.73. The van der Waals surface area contributed by atoms with E-state index >= 15 is 0 Å². The molecule has 72 heavy (non-hydrogen) atoms. The first-order valence-corrected chi connectivity index (χ1v) is 24.4. The maximum absolute atomic E-state index is 14.3. The lowest BCUT2D eigenvalue weighted by Crippen LogP contribution is -2.50. The Bertz CT molecular complexity index is 2680. The van der Waals surface area contributed by atoms with Gasteiger partial charge in [0.2, 0.25) is 11.8 Å². The number of carbonyl (C=O) groups excluding carboxylic acids is 5. The molecule has 4 heterocycles. The molecule has 0 radical (unpaired) electrons. The maximum Gasteiger partial charge on any atom is 0.416 e. The molecule has 0 fully saturated rings. The highest BCUT2D eigenvalue weighted by molar-refractivity contribution is 6.07. The molecule has 7 rings (SSSR count). The molecule has 5 N–H and O–H groups in total. The minimum Gasteiger partial charge on any atom is -0.493 e. The Kier molecular flexibility index (Phi) is 15.7. The van der Waals surface area contributed by atoms with Gasteiger partial charge in [-0.3, -0.25) is 24.2 Å². The van der Waals surface area contributed by atoms with Crippen LogP contribution in [-0.4, -0.2) is 109 Å². The number of nitrogens with one attached hydrogen (secondary N) is 2. The van der Waals surface area contributed by atoms with Crippen LogP contribution in [0, 0.1) is 16.7 Å². The number of hydrogen-bond donors (Lipinski definition) is 4. The van der Waals surface area contributed by atoms with E-state index in [0.29, 0.717) is 59.9 Å². The third-order valence-corrected chi connectivity index (χ3v) is 13.8. The average molecular weight is 992 g/mol. The summed E-state index contributed by atoms with van der Waals surface area (Å²) in [7, 11) is 3.01. The third kappa shape index (κ3) is 11.4. The first kappa shape index (κ1) is 52.9. The number of hydrogen-bond acceptors (Lipinski definition) is 13. The molecule has 6 atom stereocenters. The van der Waals surface area contributed by atoms with Gasteiger partial charge in [-0.15, -0.1) is 0 Å². The Hall–Kier alpha value is -6.92. The second kappa shape index (κ2) is 21.4. The summed E-state index contributed by atoms with van der Waals surface area (Å²) in [5.74, 6) is -0.131. The van der Waals surface area contributed by atoms with Gasteiger partial charge in [0.15, 0.2) is 29.2 Å². The highest BCUT2D eigenvalue weighted by Gasteiger charge is 2.45. The van der Waals surface area contributed by atoms with Crippen molar-refractivity contribution >= 4 is 53.0 Å². The van der Waals surface area contributed by atoms with Crippen LogP contribution in [0.5, 0.6) is 23.0 Å². The molecule has 0 spiro atoms. The third-order valence-electron chi connectivity index (χ3n) is 13.8. The second-order valence-electron chi connectivity index (χ2n) is 20.8. The van der Waals surface area contributed by atoms with Crippen molar-refractivity contribution in [3.05, 3.63) is 88.8 Å². The summed E-state index contributed by atoms with van der Waals surface area (Å²) in [6.45, 7) is 17.7. The van der Waals surface area contributed by atoms with Gasteiger partial charge in [0, 0.05) is 41.8 Å². The van der Waals surface area contributed by atoms with E-state index in [1.54, 1.807) is 67.7 Å². The van der Waals surface area contributed by atoms with Crippen molar-refractivity contribution < 1.29 is 52.8 Å². The van der Waals surface area contributed by atoms with Crippen molar-refractivity contribution in [2.75, 3.05) is 37.7 Å². The van der Waals surface area contributed by atoms with Gasteiger partial charge in [-0.1, -0.05) is 64.8 Å². The van der Waals surface area contributed by atoms with Gasteiger partial charge >= 0.3 is 6.09 Å². The van der Waals surface area contributed by atoms with Crippen LogP contribution in [-0.2, 0) is 20.9 Å². The fraction of sp³-hybridized carbons (Fsp3) is 0.481. The number of rotatable bonds is 18. The lowest BCUT2D eigenvalue weighted by Gasteiger charge is -2.37. The minimum absolute atomic E-state index is 0.0852. The van der Waals surface area contributed by atoms with Crippen molar-refractivity contribution in [1.82, 2.24) is 15.1 Å². The summed E-state index contributed by atoms with van der Waals surface area (Å²) in [5, 5.41) is 17.4.